The highest BCUT2D eigenvalue weighted by Gasteiger charge is 2.16. The quantitative estimate of drug-likeness (QED) is 0.344. The molecule has 4 heteroatoms. The zero-order chi connectivity index (χ0) is 20.7. The van der Waals surface area contributed by atoms with Crippen LogP contribution in [0.3, 0.4) is 0 Å². The van der Waals surface area contributed by atoms with Crippen LogP contribution in [0.1, 0.15) is 62.5 Å². The number of carbonyl (C=O) groups is 1. The minimum atomic E-state index is -0.0908. The minimum absolute atomic E-state index is 0.0175. The summed E-state index contributed by atoms with van der Waals surface area (Å²) in [4.78, 5) is 12.6. The molecular formula is C24H31NO3. The molecule has 2 N–H and O–H groups in total. The minimum Gasteiger partial charge on any atom is -0.490 e. The van der Waals surface area contributed by atoms with E-state index in [9.17, 15) is 4.79 Å². The third-order valence-electron chi connectivity index (χ3n) is 4.07. The summed E-state index contributed by atoms with van der Waals surface area (Å²) in [6.07, 6.45) is 5.31. The van der Waals surface area contributed by atoms with Gasteiger partial charge in [-0.3, -0.25) is 4.79 Å². The first-order valence-corrected chi connectivity index (χ1v) is 9.89. The summed E-state index contributed by atoms with van der Waals surface area (Å²) < 4.78 is 12.1. The highest BCUT2D eigenvalue weighted by atomic mass is 16.5. The van der Waals surface area contributed by atoms with Crippen LogP contribution in [-0.2, 0) is 6.42 Å². The Morgan fingerprint density at radius 3 is 2.21 bits per heavy atom. The van der Waals surface area contributed by atoms with Gasteiger partial charge >= 0.3 is 0 Å². The molecule has 150 valence electrons. The molecule has 0 heterocycles. The van der Waals surface area contributed by atoms with Crippen LogP contribution in [0.5, 0.6) is 11.5 Å². The first-order chi connectivity index (χ1) is 13.3. The van der Waals surface area contributed by atoms with Gasteiger partial charge in [0.2, 0.25) is 0 Å². The fourth-order valence-electron chi connectivity index (χ4n) is 2.88. The van der Waals surface area contributed by atoms with Crippen LogP contribution in [0.25, 0.3) is 6.08 Å². The van der Waals surface area contributed by atoms with Gasteiger partial charge in [-0.15, -0.1) is 0 Å². The molecule has 2 aromatic rings. The van der Waals surface area contributed by atoms with Gasteiger partial charge in [-0.1, -0.05) is 19.4 Å². The van der Waals surface area contributed by atoms with Gasteiger partial charge in [0.1, 0.15) is 11.5 Å². The van der Waals surface area contributed by atoms with Gasteiger partial charge in [0.15, 0.2) is 5.78 Å². The van der Waals surface area contributed by atoms with Gasteiger partial charge < -0.3 is 15.2 Å². The van der Waals surface area contributed by atoms with E-state index in [1.54, 1.807) is 36.4 Å². The average molecular weight is 382 g/mol. The summed E-state index contributed by atoms with van der Waals surface area (Å²) in [5, 5.41) is 0. The summed E-state index contributed by atoms with van der Waals surface area (Å²) in [5.74, 6) is 1.41. The zero-order valence-corrected chi connectivity index (χ0v) is 17.5. The number of carbonyl (C=O) groups excluding carboxylic acids is 1. The summed E-state index contributed by atoms with van der Waals surface area (Å²) in [5.41, 5.74) is 8.85. The van der Waals surface area contributed by atoms with Crippen LogP contribution in [0.15, 0.2) is 42.5 Å². The number of anilines is 1. The lowest BCUT2D eigenvalue weighted by Gasteiger charge is -2.21. The molecule has 0 amide bonds. The van der Waals surface area contributed by atoms with Gasteiger partial charge in [0.05, 0.1) is 17.8 Å². The van der Waals surface area contributed by atoms with Crippen molar-refractivity contribution in [2.45, 2.75) is 59.7 Å². The molecule has 0 aromatic heterocycles. The molecule has 0 aliphatic carbocycles. The smallest absolute Gasteiger partial charge is 0.185 e. The Balaban J connectivity index is 2.48. The number of allylic oxidation sites excluding steroid dienone is 1. The average Bonchev–Trinajstić information content (AvgIpc) is 2.63. The van der Waals surface area contributed by atoms with Crippen molar-refractivity contribution in [2.24, 2.45) is 0 Å². The summed E-state index contributed by atoms with van der Waals surface area (Å²) in [6, 6.07) is 10.9. The summed E-state index contributed by atoms with van der Waals surface area (Å²) >= 11 is 0. The third kappa shape index (κ3) is 5.88. The van der Waals surface area contributed by atoms with Crippen molar-refractivity contribution >= 4 is 17.5 Å². The van der Waals surface area contributed by atoms with Crippen LogP contribution in [0.2, 0.25) is 0 Å². The second-order valence-corrected chi connectivity index (χ2v) is 7.37. The highest BCUT2D eigenvalue weighted by molar-refractivity contribution is 6.07. The van der Waals surface area contributed by atoms with E-state index in [4.69, 9.17) is 15.2 Å². The molecule has 0 aliphatic rings. The number of ketones is 1. The predicted octanol–water partition coefficient (Wildman–Crippen LogP) is 5.69. The molecule has 0 aliphatic heterocycles. The standard InChI is InChI=1S/C24H31NO3/c1-6-7-19-10-15-23(27-16(2)3)21(24(19)28-17(4)5)13-14-22(26)18-8-11-20(25)12-9-18/h8-17H,6-7,25H2,1-5H3/b14-13+. The van der Waals surface area contributed by atoms with Crippen LogP contribution in [0.4, 0.5) is 5.69 Å². The van der Waals surface area contributed by atoms with Crippen molar-refractivity contribution in [1.29, 1.82) is 0 Å². The summed E-state index contributed by atoms with van der Waals surface area (Å²) in [7, 11) is 0. The molecule has 0 saturated heterocycles. The number of benzene rings is 2. The Morgan fingerprint density at radius 2 is 1.64 bits per heavy atom. The Kier molecular flexibility index (Phi) is 7.68. The van der Waals surface area contributed by atoms with Crippen LogP contribution < -0.4 is 15.2 Å². The van der Waals surface area contributed by atoms with E-state index in [0.29, 0.717) is 17.0 Å². The molecule has 0 bridgehead atoms. The van der Waals surface area contributed by atoms with Crippen molar-refractivity contribution in [1.82, 2.24) is 0 Å². The number of hydrogen-bond acceptors (Lipinski definition) is 4. The highest BCUT2D eigenvalue weighted by Crippen LogP contribution is 2.36. The van der Waals surface area contributed by atoms with E-state index in [-0.39, 0.29) is 18.0 Å². The van der Waals surface area contributed by atoms with E-state index >= 15 is 0 Å². The largest absolute Gasteiger partial charge is 0.490 e. The van der Waals surface area contributed by atoms with Crippen molar-refractivity contribution in [3.05, 3.63) is 59.2 Å². The first-order valence-electron chi connectivity index (χ1n) is 9.89. The molecule has 28 heavy (non-hydrogen) atoms. The molecule has 0 unspecified atom stereocenters. The van der Waals surface area contributed by atoms with Gasteiger partial charge in [0.25, 0.3) is 0 Å². The lowest BCUT2D eigenvalue weighted by Crippen LogP contribution is -2.12. The van der Waals surface area contributed by atoms with E-state index in [0.717, 1.165) is 29.7 Å². The fourth-order valence-corrected chi connectivity index (χ4v) is 2.88. The SMILES string of the molecule is CCCc1ccc(OC(C)C)c(/C=C/C(=O)c2ccc(N)cc2)c1OC(C)C. The number of aryl methyl sites for hydroxylation is 1. The number of nitrogens with two attached hydrogens (primary N) is 1. The van der Waals surface area contributed by atoms with E-state index in [1.165, 1.54) is 0 Å². The maximum atomic E-state index is 12.6. The topological polar surface area (TPSA) is 61.5 Å². The Bertz CT molecular complexity index is 820. The van der Waals surface area contributed by atoms with Crippen LogP contribution in [0, 0.1) is 0 Å². The van der Waals surface area contributed by atoms with Crippen molar-refractivity contribution in [3.63, 3.8) is 0 Å². The Morgan fingerprint density at radius 1 is 1.00 bits per heavy atom. The molecule has 0 spiro atoms. The zero-order valence-electron chi connectivity index (χ0n) is 17.5. The monoisotopic (exact) mass is 381 g/mol. The molecule has 0 atom stereocenters. The first kappa shape index (κ1) is 21.5. The number of rotatable bonds is 9. The molecule has 0 saturated carbocycles. The van der Waals surface area contributed by atoms with Gasteiger partial charge in [-0.25, -0.2) is 0 Å². The van der Waals surface area contributed by atoms with Crippen molar-refractivity contribution in [2.75, 3.05) is 5.73 Å². The normalized spacial score (nSPS) is 11.4. The van der Waals surface area contributed by atoms with Gasteiger partial charge in [-0.05, 0) is 82.2 Å². The molecule has 2 rings (SSSR count). The van der Waals surface area contributed by atoms with E-state index < -0.39 is 0 Å². The van der Waals surface area contributed by atoms with E-state index in [2.05, 4.69) is 13.0 Å². The number of hydrogen-bond donors (Lipinski definition) is 1. The summed E-state index contributed by atoms with van der Waals surface area (Å²) in [6.45, 7) is 10.1. The van der Waals surface area contributed by atoms with Crippen LogP contribution >= 0.6 is 0 Å². The Labute approximate surface area is 168 Å². The predicted molar refractivity (Wildman–Crippen MR) is 116 cm³/mol. The molecular weight excluding hydrogens is 350 g/mol. The second-order valence-electron chi connectivity index (χ2n) is 7.37. The maximum Gasteiger partial charge on any atom is 0.185 e. The third-order valence-corrected chi connectivity index (χ3v) is 4.07. The second kappa shape index (κ2) is 9.98. The maximum absolute atomic E-state index is 12.6. The molecule has 2 aromatic carbocycles. The number of nitrogen functional groups attached to an aromatic ring is 1. The molecule has 0 radical (unpaired) electrons. The van der Waals surface area contributed by atoms with Crippen molar-refractivity contribution in [3.8, 4) is 11.5 Å². The molecule has 4 nitrogen and oxygen atoms in total. The lowest BCUT2D eigenvalue weighted by molar-refractivity contribution is 0.104. The number of ether oxygens (including phenoxy) is 2. The van der Waals surface area contributed by atoms with E-state index in [1.807, 2.05) is 33.8 Å². The van der Waals surface area contributed by atoms with Gasteiger partial charge in [-0.2, -0.15) is 0 Å². The molecule has 0 fully saturated rings. The Hall–Kier alpha value is -2.75. The lowest BCUT2D eigenvalue weighted by atomic mass is 10.0. The van der Waals surface area contributed by atoms with Crippen LogP contribution in [-0.4, -0.2) is 18.0 Å². The van der Waals surface area contributed by atoms with Gasteiger partial charge in [0, 0.05) is 11.3 Å². The fraction of sp³-hybridized carbons (Fsp3) is 0.375. The van der Waals surface area contributed by atoms with Crippen molar-refractivity contribution < 1.29 is 14.3 Å².